The molecule has 2 atom stereocenters. The molecule has 0 spiro atoms. The van der Waals surface area contributed by atoms with E-state index in [2.05, 4.69) is 43.6 Å². The van der Waals surface area contributed by atoms with Crippen LogP contribution in [0, 0.1) is 11.2 Å². The van der Waals surface area contributed by atoms with Gasteiger partial charge in [-0.1, -0.05) is 69.1 Å². The van der Waals surface area contributed by atoms with E-state index in [-0.39, 0.29) is 22.7 Å². The summed E-state index contributed by atoms with van der Waals surface area (Å²) < 4.78 is 14.4. The van der Waals surface area contributed by atoms with Crippen molar-refractivity contribution in [3.05, 3.63) is 63.4 Å². The lowest BCUT2D eigenvalue weighted by Gasteiger charge is -2.22. The molecular formula is C27H38Cl2FN3O3. The van der Waals surface area contributed by atoms with Gasteiger partial charge >= 0.3 is 0 Å². The second-order valence-electron chi connectivity index (χ2n) is 10.8. The van der Waals surface area contributed by atoms with E-state index >= 15 is 0 Å². The molecule has 0 aliphatic carbocycles. The van der Waals surface area contributed by atoms with Crippen LogP contribution in [0.2, 0.25) is 10.0 Å². The van der Waals surface area contributed by atoms with E-state index in [1.165, 1.54) is 0 Å². The number of carbonyl (C=O) groups is 2. The van der Waals surface area contributed by atoms with Crippen molar-refractivity contribution in [1.29, 1.82) is 0 Å². The SMILES string of the molecule is CC(C)(C)C.CC(C)(O)CNC=O.O=CNc1cc(Cl)ccc1C1CNCC1c1cccc(Cl)c1F. The molecular weight excluding hydrogens is 504 g/mol. The highest BCUT2D eigenvalue weighted by Gasteiger charge is 2.33. The van der Waals surface area contributed by atoms with Gasteiger partial charge in [-0.25, -0.2) is 4.39 Å². The number of aliphatic hydroxyl groups is 1. The first-order valence-electron chi connectivity index (χ1n) is 11.7. The molecule has 0 aromatic heterocycles. The van der Waals surface area contributed by atoms with Gasteiger partial charge in [-0.05, 0) is 48.6 Å². The van der Waals surface area contributed by atoms with Crippen molar-refractivity contribution in [2.75, 3.05) is 25.0 Å². The number of hydrogen-bond acceptors (Lipinski definition) is 4. The zero-order valence-electron chi connectivity index (χ0n) is 21.8. The van der Waals surface area contributed by atoms with Crippen molar-refractivity contribution in [2.45, 2.75) is 59.0 Å². The minimum atomic E-state index is -0.791. The molecule has 2 aromatic carbocycles. The summed E-state index contributed by atoms with van der Waals surface area (Å²) in [5.41, 5.74) is 1.87. The highest BCUT2D eigenvalue weighted by Crippen LogP contribution is 2.41. The minimum Gasteiger partial charge on any atom is -0.389 e. The number of carbonyl (C=O) groups excluding carboxylic acids is 2. The molecule has 3 rings (SSSR count). The zero-order valence-corrected chi connectivity index (χ0v) is 23.3. The van der Waals surface area contributed by atoms with Gasteiger partial charge in [0, 0.05) is 42.2 Å². The third kappa shape index (κ3) is 11.7. The predicted octanol–water partition coefficient (Wildman–Crippen LogP) is 5.73. The van der Waals surface area contributed by atoms with Crippen LogP contribution in [0.25, 0.3) is 0 Å². The Kier molecular flexibility index (Phi) is 12.8. The zero-order chi connectivity index (χ0) is 27.5. The van der Waals surface area contributed by atoms with Crippen molar-refractivity contribution >= 4 is 41.7 Å². The summed E-state index contributed by atoms with van der Waals surface area (Å²) in [5.74, 6) is -0.434. The fourth-order valence-corrected chi connectivity index (χ4v) is 3.82. The quantitative estimate of drug-likeness (QED) is 0.337. The summed E-state index contributed by atoms with van der Waals surface area (Å²) in [6.07, 6.45) is 1.19. The summed E-state index contributed by atoms with van der Waals surface area (Å²) in [6.45, 7) is 13.6. The molecule has 1 saturated heterocycles. The highest BCUT2D eigenvalue weighted by atomic mass is 35.5. The van der Waals surface area contributed by atoms with Gasteiger partial charge in [-0.15, -0.1) is 0 Å². The van der Waals surface area contributed by atoms with Crippen molar-refractivity contribution < 1.29 is 19.1 Å². The number of hydrogen-bond donors (Lipinski definition) is 4. The Morgan fingerprint density at radius 2 is 1.58 bits per heavy atom. The maximum absolute atomic E-state index is 14.4. The number of anilines is 1. The Hall–Kier alpha value is -2.19. The van der Waals surface area contributed by atoms with Crippen LogP contribution in [0.3, 0.4) is 0 Å². The van der Waals surface area contributed by atoms with E-state index in [0.717, 1.165) is 5.56 Å². The smallest absolute Gasteiger partial charge is 0.211 e. The van der Waals surface area contributed by atoms with Crippen LogP contribution in [-0.4, -0.2) is 43.2 Å². The second-order valence-corrected chi connectivity index (χ2v) is 11.7. The molecule has 0 bridgehead atoms. The lowest BCUT2D eigenvalue weighted by Crippen LogP contribution is -2.33. The first-order valence-corrected chi connectivity index (χ1v) is 12.5. The van der Waals surface area contributed by atoms with Crippen LogP contribution in [0.1, 0.15) is 64.5 Å². The van der Waals surface area contributed by atoms with Gasteiger partial charge in [-0.2, -0.15) is 0 Å². The average molecular weight is 543 g/mol. The maximum atomic E-state index is 14.4. The molecule has 36 heavy (non-hydrogen) atoms. The minimum absolute atomic E-state index is 0.0164. The Balaban J connectivity index is 0.000000414. The molecule has 2 unspecified atom stereocenters. The molecule has 4 N–H and O–H groups in total. The van der Waals surface area contributed by atoms with Crippen molar-refractivity contribution in [2.24, 2.45) is 5.41 Å². The number of nitrogens with one attached hydrogen (secondary N) is 3. The van der Waals surface area contributed by atoms with Crippen LogP contribution in [0.5, 0.6) is 0 Å². The third-order valence-corrected chi connectivity index (χ3v) is 5.37. The van der Waals surface area contributed by atoms with Crippen LogP contribution in [0.15, 0.2) is 36.4 Å². The molecule has 1 fully saturated rings. The van der Waals surface area contributed by atoms with Gasteiger partial charge in [0.05, 0.1) is 10.6 Å². The average Bonchev–Trinajstić information content (AvgIpc) is 3.23. The summed E-state index contributed by atoms with van der Waals surface area (Å²) in [6, 6.07) is 10.4. The van der Waals surface area contributed by atoms with Gasteiger partial charge in [0.1, 0.15) is 5.82 Å². The fraction of sp³-hybridized carbons (Fsp3) is 0.481. The first kappa shape index (κ1) is 31.8. The Bertz CT molecular complexity index is 985. The van der Waals surface area contributed by atoms with E-state index < -0.39 is 5.60 Å². The largest absolute Gasteiger partial charge is 0.389 e. The summed E-state index contributed by atoms with van der Waals surface area (Å²) in [5, 5.41) is 17.9. The van der Waals surface area contributed by atoms with E-state index in [1.54, 1.807) is 44.2 Å². The molecule has 2 amide bonds. The predicted molar refractivity (Wildman–Crippen MR) is 146 cm³/mol. The normalized spacial score (nSPS) is 17.2. The Labute approximate surface area is 224 Å². The van der Waals surface area contributed by atoms with Crippen LogP contribution < -0.4 is 16.0 Å². The van der Waals surface area contributed by atoms with E-state index in [1.807, 2.05) is 6.07 Å². The molecule has 1 aliphatic heterocycles. The van der Waals surface area contributed by atoms with Crippen LogP contribution in [-0.2, 0) is 9.59 Å². The topological polar surface area (TPSA) is 90.5 Å². The fourth-order valence-electron chi connectivity index (χ4n) is 3.47. The van der Waals surface area contributed by atoms with Gasteiger partial charge < -0.3 is 21.1 Å². The second kappa shape index (κ2) is 14.5. The molecule has 1 heterocycles. The van der Waals surface area contributed by atoms with Crippen molar-refractivity contribution in [3.8, 4) is 0 Å². The maximum Gasteiger partial charge on any atom is 0.211 e. The first-order chi connectivity index (χ1) is 16.7. The molecule has 6 nitrogen and oxygen atoms in total. The van der Waals surface area contributed by atoms with Crippen LogP contribution >= 0.6 is 23.2 Å². The lowest BCUT2D eigenvalue weighted by molar-refractivity contribution is -0.110. The Morgan fingerprint density at radius 3 is 2.08 bits per heavy atom. The van der Waals surface area contributed by atoms with E-state index in [9.17, 15) is 14.0 Å². The standard InChI is InChI=1S/C17H15Cl2FN2O.C5H11NO2.C5H12/c18-10-4-5-11(16(6-10)22-9-23)13-7-21-8-14(13)12-2-1-3-15(19)17(12)20;1-5(2,8)3-6-4-7;1-5(2,3)4/h1-6,9,13-14,21H,7-8H2,(H,22,23);4,8H,3H2,1-2H3,(H,6,7);1-4H3. The highest BCUT2D eigenvalue weighted by molar-refractivity contribution is 6.31. The molecule has 1 aliphatic rings. The summed E-state index contributed by atoms with van der Waals surface area (Å²) in [4.78, 5) is 20.5. The summed E-state index contributed by atoms with van der Waals surface area (Å²) in [7, 11) is 0. The summed E-state index contributed by atoms with van der Waals surface area (Å²) >= 11 is 11.9. The van der Waals surface area contributed by atoms with E-state index in [4.69, 9.17) is 28.3 Å². The lowest BCUT2D eigenvalue weighted by atomic mass is 9.83. The van der Waals surface area contributed by atoms with E-state index in [0.29, 0.717) is 54.1 Å². The number of rotatable bonds is 7. The van der Waals surface area contributed by atoms with Gasteiger partial charge in [0.25, 0.3) is 0 Å². The molecule has 2 aromatic rings. The van der Waals surface area contributed by atoms with Crippen LogP contribution in [0.4, 0.5) is 10.1 Å². The number of amides is 2. The number of benzene rings is 2. The van der Waals surface area contributed by atoms with Crippen molar-refractivity contribution in [1.82, 2.24) is 10.6 Å². The molecule has 9 heteroatoms. The van der Waals surface area contributed by atoms with Gasteiger partial charge in [0.15, 0.2) is 0 Å². The molecule has 200 valence electrons. The van der Waals surface area contributed by atoms with Crippen molar-refractivity contribution in [3.63, 3.8) is 0 Å². The third-order valence-electron chi connectivity index (χ3n) is 4.84. The van der Waals surface area contributed by atoms with Gasteiger partial charge in [-0.3, -0.25) is 9.59 Å². The Morgan fingerprint density at radius 1 is 1.00 bits per heavy atom. The number of halogens is 3. The monoisotopic (exact) mass is 541 g/mol. The molecule has 0 radical (unpaired) electrons. The molecule has 0 saturated carbocycles. The van der Waals surface area contributed by atoms with Gasteiger partial charge in [0.2, 0.25) is 12.8 Å².